The predicted octanol–water partition coefficient (Wildman–Crippen LogP) is 5.21. The van der Waals surface area contributed by atoms with E-state index in [1.54, 1.807) is 0 Å². The van der Waals surface area contributed by atoms with Crippen molar-refractivity contribution in [1.82, 2.24) is 4.98 Å². The molecule has 0 atom stereocenters. The molecule has 0 saturated heterocycles. The molecule has 2 heterocycles. The van der Waals surface area contributed by atoms with E-state index in [1.807, 2.05) is 50.4 Å². The summed E-state index contributed by atoms with van der Waals surface area (Å²) in [7, 11) is 0. The molecule has 126 valence electrons. The normalized spacial score (nSPS) is 15.9. The Morgan fingerprint density at radius 3 is 2.76 bits per heavy atom. The largest absolute Gasteiger partial charge is 0.484 e. The van der Waals surface area contributed by atoms with Crippen LogP contribution in [0.25, 0.3) is 10.9 Å². The molecule has 0 amide bonds. The van der Waals surface area contributed by atoms with Crippen molar-refractivity contribution in [3.05, 3.63) is 70.4 Å². The zero-order chi connectivity index (χ0) is 17.6. The Kier molecular flexibility index (Phi) is 3.77. The third-order valence-electron chi connectivity index (χ3n) is 4.44. The van der Waals surface area contributed by atoms with Gasteiger partial charge in [-0.25, -0.2) is 0 Å². The fourth-order valence-electron chi connectivity index (χ4n) is 3.14. The minimum absolute atomic E-state index is 0.415. The molecule has 1 aliphatic rings. The summed E-state index contributed by atoms with van der Waals surface area (Å²) in [6, 6.07) is 14.1. The van der Waals surface area contributed by atoms with Gasteiger partial charge in [0.15, 0.2) is 0 Å². The van der Waals surface area contributed by atoms with Crippen molar-refractivity contribution in [1.29, 1.82) is 0 Å². The maximum atomic E-state index is 6.42. The second-order valence-electron chi connectivity index (χ2n) is 7.01. The molecule has 0 aliphatic carbocycles. The van der Waals surface area contributed by atoms with Gasteiger partial charge in [0.25, 0.3) is 0 Å². The second-order valence-corrected chi connectivity index (χ2v) is 7.42. The third-order valence-corrected chi connectivity index (χ3v) is 4.73. The summed E-state index contributed by atoms with van der Waals surface area (Å²) in [5.41, 5.74) is 4.53. The minimum Gasteiger partial charge on any atom is -0.484 e. The Bertz CT molecular complexity index is 1010. The average Bonchev–Trinajstić information content (AvgIpc) is 2.72. The number of rotatable bonds is 1. The van der Waals surface area contributed by atoms with Gasteiger partial charge in [-0.2, -0.15) is 0 Å². The van der Waals surface area contributed by atoms with Gasteiger partial charge in [0.05, 0.1) is 22.8 Å². The Morgan fingerprint density at radius 1 is 1.12 bits per heavy atom. The van der Waals surface area contributed by atoms with E-state index in [0.717, 1.165) is 27.7 Å². The van der Waals surface area contributed by atoms with Crippen LogP contribution in [0.3, 0.4) is 0 Å². The van der Waals surface area contributed by atoms with Crippen LogP contribution >= 0.6 is 11.6 Å². The number of halogens is 1. The summed E-state index contributed by atoms with van der Waals surface area (Å²) >= 11 is 6.42. The Morgan fingerprint density at radius 2 is 1.92 bits per heavy atom. The van der Waals surface area contributed by atoms with Crippen molar-refractivity contribution >= 4 is 28.2 Å². The van der Waals surface area contributed by atoms with Gasteiger partial charge in [-0.3, -0.25) is 9.98 Å². The van der Waals surface area contributed by atoms with E-state index in [0.29, 0.717) is 17.3 Å². The molecule has 3 aromatic rings. The number of ether oxygens (including phenoxy) is 1. The molecular formula is C21H19ClN2O. The van der Waals surface area contributed by atoms with E-state index in [1.165, 1.54) is 5.56 Å². The molecule has 0 fully saturated rings. The lowest BCUT2D eigenvalue weighted by molar-refractivity contribution is 0.121. The molecule has 0 N–H and O–H groups in total. The molecule has 0 bridgehead atoms. The van der Waals surface area contributed by atoms with Gasteiger partial charge in [-0.15, -0.1) is 0 Å². The van der Waals surface area contributed by atoms with Crippen LogP contribution in [0.4, 0.5) is 0 Å². The molecule has 25 heavy (non-hydrogen) atoms. The van der Waals surface area contributed by atoms with Gasteiger partial charge in [0.1, 0.15) is 11.4 Å². The Balaban J connectivity index is 1.95. The average molecular weight is 351 g/mol. The van der Waals surface area contributed by atoms with E-state index in [9.17, 15) is 0 Å². The molecule has 4 rings (SSSR count). The van der Waals surface area contributed by atoms with Crippen molar-refractivity contribution in [2.45, 2.75) is 26.4 Å². The maximum Gasteiger partial charge on any atom is 0.148 e. The van der Waals surface area contributed by atoms with Crippen molar-refractivity contribution in [3.63, 3.8) is 0 Å². The van der Waals surface area contributed by atoms with E-state index in [2.05, 4.69) is 24.0 Å². The van der Waals surface area contributed by atoms with Crippen LogP contribution in [-0.2, 0) is 0 Å². The molecule has 0 unspecified atom stereocenters. The van der Waals surface area contributed by atoms with Crippen molar-refractivity contribution < 1.29 is 4.74 Å². The Labute approximate surface area is 152 Å². The van der Waals surface area contributed by atoms with Gasteiger partial charge >= 0.3 is 0 Å². The first kappa shape index (κ1) is 16.1. The van der Waals surface area contributed by atoms with Crippen LogP contribution in [0.1, 0.15) is 30.5 Å². The number of nitrogens with zero attached hydrogens (tertiary/aromatic N) is 2. The predicted molar refractivity (Wildman–Crippen MR) is 103 cm³/mol. The SMILES string of the molecule is Cc1cccc2ncc(C3=NCC(C)(C)Oc4c(Cl)cccc43)cc12. The number of pyridine rings is 1. The van der Waals surface area contributed by atoms with Gasteiger partial charge in [0, 0.05) is 22.7 Å². The highest BCUT2D eigenvalue weighted by Crippen LogP contribution is 2.36. The monoisotopic (exact) mass is 350 g/mol. The lowest BCUT2D eigenvalue weighted by Crippen LogP contribution is -2.31. The highest BCUT2D eigenvalue weighted by atomic mass is 35.5. The summed E-state index contributed by atoms with van der Waals surface area (Å²) in [6.07, 6.45) is 1.88. The molecule has 0 spiro atoms. The Hall–Kier alpha value is -2.39. The first-order valence-corrected chi connectivity index (χ1v) is 8.70. The molecule has 1 aliphatic heterocycles. The second kappa shape index (κ2) is 5.85. The summed E-state index contributed by atoms with van der Waals surface area (Å²) in [5.74, 6) is 0.690. The zero-order valence-corrected chi connectivity index (χ0v) is 15.3. The molecular weight excluding hydrogens is 332 g/mol. The summed E-state index contributed by atoms with van der Waals surface area (Å²) in [4.78, 5) is 9.48. The number of hydrogen-bond acceptors (Lipinski definition) is 3. The van der Waals surface area contributed by atoms with E-state index in [4.69, 9.17) is 21.3 Å². The fourth-order valence-corrected chi connectivity index (χ4v) is 3.35. The van der Waals surface area contributed by atoms with Crippen LogP contribution in [0.2, 0.25) is 5.02 Å². The van der Waals surface area contributed by atoms with Crippen molar-refractivity contribution in [3.8, 4) is 5.75 Å². The smallest absolute Gasteiger partial charge is 0.148 e. The van der Waals surface area contributed by atoms with Crippen LogP contribution < -0.4 is 4.74 Å². The van der Waals surface area contributed by atoms with Crippen molar-refractivity contribution in [2.75, 3.05) is 6.54 Å². The molecule has 0 saturated carbocycles. The highest BCUT2D eigenvalue weighted by molar-refractivity contribution is 6.33. The quantitative estimate of drug-likeness (QED) is 0.604. The summed E-state index contributed by atoms with van der Waals surface area (Å²) in [6.45, 7) is 6.70. The van der Waals surface area contributed by atoms with Gasteiger partial charge < -0.3 is 4.74 Å². The zero-order valence-electron chi connectivity index (χ0n) is 14.5. The summed E-state index contributed by atoms with van der Waals surface area (Å²) in [5, 5.41) is 1.74. The standard InChI is InChI=1S/C21H19ClN2O/c1-13-6-4-9-18-16(13)10-14(11-23-18)19-15-7-5-8-17(22)20(15)25-21(2,3)12-24-19/h4-11H,12H2,1-3H3. The molecule has 2 aromatic carbocycles. The van der Waals surface area contributed by atoms with Crippen LogP contribution in [-0.4, -0.2) is 22.8 Å². The number of aromatic nitrogens is 1. The van der Waals surface area contributed by atoms with E-state index in [-0.39, 0.29) is 0 Å². The lowest BCUT2D eigenvalue weighted by Gasteiger charge is -2.24. The number of benzene rings is 2. The van der Waals surface area contributed by atoms with Crippen LogP contribution in [0.15, 0.2) is 53.7 Å². The minimum atomic E-state index is -0.415. The molecule has 3 nitrogen and oxygen atoms in total. The van der Waals surface area contributed by atoms with Gasteiger partial charge in [-0.05, 0) is 50.6 Å². The lowest BCUT2D eigenvalue weighted by atomic mass is 10.00. The van der Waals surface area contributed by atoms with Crippen LogP contribution in [0.5, 0.6) is 5.75 Å². The van der Waals surface area contributed by atoms with E-state index < -0.39 is 5.60 Å². The highest BCUT2D eigenvalue weighted by Gasteiger charge is 2.28. The third kappa shape index (κ3) is 2.89. The molecule has 1 aromatic heterocycles. The van der Waals surface area contributed by atoms with Crippen LogP contribution in [0, 0.1) is 6.92 Å². The number of aliphatic imine (C=N–C) groups is 1. The molecule has 4 heteroatoms. The first-order valence-electron chi connectivity index (χ1n) is 8.33. The maximum absolute atomic E-state index is 6.42. The molecule has 0 radical (unpaired) electrons. The number of para-hydroxylation sites is 1. The number of fused-ring (bicyclic) bond motifs is 2. The van der Waals surface area contributed by atoms with Crippen molar-refractivity contribution in [2.24, 2.45) is 4.99 Å². The van der Waals surface area contributed by atoms with Gasteiger partial charge in [0.2, 0.25) is 0 Å². The number of aryl methyl sites for hydroxylation is 1. The first-order chi connectivity index (χ1) is 11.9. The van der Waals surface area contributed by atoms with Gasteiger partial charge in [-0.1, -0.05) is 29.8 Å². The summed E-state index contributed by atoms with van der Waals surface area (Å²) < 4.78 is 6.17. The fraction of sp³-hybridized carbons (Fsp3) is 0.238. The topological polar surface area (TPSA) is 34.5 Å². The van der Waals surface area contributed by atoms with E-state index >= 15 is 0 Å². The number of hydrogen-bond donors (Lipinski definition) is 0.